The van der Waals surface area contributed by atoms with E-state index in [0.717, 1.165) is 16.7 Å². The second-order valence-electron chi connectivity index (χ2n) is 10.1. The van der Waals surface area contributed by atoms with Gasteiger partial charge in [-0.05, 0) is 54.7 Å². The molecule has 1 aliphatic rings. The number of hydrogen-bond donors (Lipinski definition) is 0. The Morgan fingerprint density at radius 1 is 1.00 bits per heavy atom. The number of nitrogens with zero attached hydrogens (tertiary/aromatic N) is 2. The molecule has 0 amide bonds. The van der Waals surface area contributed by atoms with Crippen molar-refractivity contribution >= 4 is 29.1 Å². The molecule has 0 bridgehead atoms. The fourth-order valence-corrected chi connectivity index (χ4v) is 6.02. The van der Waals surface area contributed by atoms with Crippen LogP contribution in [0.1, 0.15) is 61.9 Å². The molecule has 0 saturated carbocycles. The van der Waals surface area contributed by atoms with Crippen LogP contribution in [0.4, 0.5) is 0 Å². The number of rotatable bonds is 9. The van der Waals surface area contributed by atoms with Crippen LogP contribution in [0.3, 0.4) is 0 Å². The predicted octanol–water partition coefficient (Wildman–Crippen LogP) is 5.47. The highest BCUT2D eigenvalue weighted by atomic mass is 32.1. The van der Waals surface area contributed by atoms with Crippen LogP contribution in [0.15, 0.2) is 88.2 Å². The molecule has 3 aromatic carbocycles. The fourth-order valence-electron chi connectivity index (χ4n) is 5.02. The molecule has 0 spiro atoms. The zero-order valence-electron chi connectivity index (χ0n) is 24.4. The van der Waals surface area contributed by atoms with E-state index in [0.29, 0.717) is 44.6 Å². The molecule has 2 heterocycles. The first kappa shape index (κ1) is 29.1. The predicted molar refractivity (Wildman–Crippen MR) is 166 cm³/mol. The van der Waals surface area contributed by atoms with E-state index in [1.807, 2.05) is 85.8 Å². The molecule has 0 saturated heterocycles. The lowest BCUT2D eigenvalue weighted by Crippen LogP contribution is -2.40. The van der Waals surface area contributed by atoms with Crippen LogP contribution in [0.5, 0.6) is 11.5 Å². The van der Waals surface area contributed by atoms with Crippen LogP contribution < -0.4 is 24.4 Å². The van der Waals surface area contributed by atoms with Crippen LogP contribution in [-0.4, -0.2) is 30.9 Å². The van der Waals surface area contributed by atoms with E-state index >= 15 is 0 Å². The normalized spacial score (nSPS) is 14.9. The third kappa shape index (κ3) is 5.67. The Labute approximate surface area is 249 Å². The number of aromatic nitrogens is 1. The third-order valence-corrected chi connectivity index (χ3v) is 8.06. The summed E-state index contributed by atoms with van der Waals surface area (Å²) in [5, 5.41) is 0. The van der Waals surface area contributed by atoms with Crippen molar-refractivity contribution in [2.75, 3.05) is 20.3 Å². The Bertz CT molecular complexity index is 1800. The van der Waals surface area contributed by atoms with Crippen LogP contribution in [0, 0.1) is 0 Å². The summed E-state index contributed by atoms with van der Waals surface area (Å²) >= 11 is 1.29. The highest BCUT2D eigenvalue weighted by Gasteiger charge is 2.35. The third-order valence-electron chi connectivity index (χ3n) is 7.08. The van der Waals surface area contributed by atoms with Crippen molar-refractivity contribution in [3.05, 3.63) is 120 Å². The number of thiazole rings is 1. The van der Waals surface area contributed by atoms with Crippen LogP contribution in [-0.2, 0) is 9.53 Å². The number of hydrogen-bond acceptors (Lipinski definition) is 7. The molecular weight excluding hydrogens is 548 g/mol. The summed E-state index contributed by atoms with van der Waals surface area (Å²) in [4.78, 5) is 33.2. The van der Waals surface area contributed by atoms with Gasteiger partial charge in [-0.25, -0.2) is 9.79 Å². The van der Waals surface area contributed by atoms with Crippen molar-refractivity contribution in [1.29, 1.82) is 0 Å². The maximum absolute atomic E-state index is 14.1. The second-order valence-corrected chi connectivity index (χ2v) is 11.1. The van der Waals surface area contributed by atoms with Gasteiger partial charge in [-0.15, -0.1) is 0 Å². The molecule has 42 heavy (non-hydrogen) atoms. The minimum Gasteiger partial charge on any atom is -0.493 e. The van der Waals surface area contributed by atoms with Gasteiger partial charge in [-0.2, -0.15) is 0 Å². The molecule has 1 aliphatic heterocycles. The lowest BCUT2D eigenvalue weighted by atomic mass is 9.91. The summed E-state index contributed by atoms with van der Waals surface area (Å²) in [5.41, 5.74) is 4.13. The smallest absolute Gasteiger partial charge is 0.338 e. The summed E-state index contributed by atoms with van der Waals surface area (Å²) in [7, 11) is 1.59. The minimum absolute atomic E-state index is 0.202. The van der Waals surface area contributed by atoms with Gasteiger partial charge in [0.25, 0.3) is 5.56 Å². The highest BCUT2D eigenvalue weighted by Crippen LogP contribution is 2.35. The molecule has 1 atom stereocenters. The summed E-state index contributed by atoms with van der Waals surface area (Å²) in [6, 6.07) is 22.5. The molecule has 4 aromatic rings. The largest absolute Gasteiger partial charge is 0.493 e. The Morgan fingerprint density at radius 2 is 1.74 bits per heavy atom. The zero-order valence-corrected chi connectivity index (χ0v) is 25.2. The van der Waals surface area contributed by atoms with E-state index in [1.54, 1.807) is 18.6 Å². The van der Waals surface area contributed by atoms with Gasteiger partial charge in [0.05, 0.1) is 42.2 Å². The van der Waals surface area contributed by atoms with Gasteiger partial charge in [0.1, 0.15) is 0 Å². The van der Waals surface area contributed by atoms with Crippen molar-refractivity contribution in [1.82, 2.24) is 4.57 Å². The van der Waals surface area contributed by atoms with E-state index in [1.165, 1.54) is 16.9 Å². The first-order valence-electron chi connectivity index (χ1n) is 14.0. The van der Waals surface area contributed by atoms with Gasteiger partial charge in [-0.3, -0.25) is 9.36 Å². The van der Waals surface area contributed by atoms with Crippen molar-refractivity contribution in [3.63, 3.8) is 0 Å². The molecule has 0 unspecified atom stereocenters. The summed E-state index contributed by atoms with van der Waals surface area (Å²) in [6.07, 6.45) is 1.82. The standard InChI is InChI=1S/C34H34N2O5S/c1-6-40-26-18-13-22(19-27(26)39-5)20-28-32(37)36-31(25-16-14-23(15-17-25)21(3)4)29(33(38)41-7-2)30(35-34(36)42-28)24-11-9-8-10-12-24/h8-21,31H,6-7H2,1-5H3/b28-20-/t31-/m1/s1. The van der Waals surface area contributed by atoms with Gasteiger partial charge < -0.3 is 14.2 Å². The lowest BCUT2D eigenvalue weighted by Gasteiger charge is -2.26. The minimum atomic E-state index is -0.714. The number of carbonyl (C=O) groups excluding carboxylic acids is 1. The molecule has 0 radical (unpaired) electrons. The molecule has 0 aliphatic carbocycles. The Kier molecular flexibility index (Phi) is 8.73. The molecular formula is C34H34N2O5S. The topological polar surface area (TPSA) is 79.1 Å². The van der Waals surface area contributed by atoms with E-state index < -0.39 is 12.0 Å². The molecule has 8 heteroatoms. The van der Waals surface area contributed by atoms with Crippen molar-refractivity contribution in [2.24, 2.45) is 4.99 Å². The first-order valence-corrected chi connectivity index (χ1v) is 14.9. The first-order chi connectivity index (χ1) is 20.4. The average Bonchev–Trinajstić information content (AvgIpc) is 3.31. The molecule has 0 N–H and O–H groups in total. The van der Waals surface area contributed by atoms with Crippen molar-refractivity contribution in [2.45, 2.75) is 39.7 Å². The van der Waals surface area contributed by atoms with Gasteiger partial charge in [-0.1, -0.05) is 85.8 Å². The van der Waals surface area contributed by atoms with Gasteiger partial charge in [0.15, 0.2) is 16.3 Å². The zero-order chi connectivity index (χ0) is 29.8. The van der Waals surface area contributed by atoms with Crippen molar-refractivity contribution < 1.29 is 19.0 Å². The second kappa shape index (κ2) is 12.6. The fraction of sp³-hybridized carbons (Fsp3) is 0.265. The lowest BCUT2D eigenvalue weighted by molar-refractivity contribution is -0.138. The average molecular weight is 583 g/mol. The van der Waals surface area contributed by atoms with E-state index in [-0.39, 0.29) is 12.2 Å². The number of esters is 1. The number of fused-ring (bicyclic) bond motifs is 1. The number of benzene rings is 3. The summed E-state index contributed by atoms with van der Waals surface area (Å²) < 4.78 is 18.8. The number of ether oxygens (including phenoxy) is 3. The van der Waals surface area contributed by atoms with E-state index in [4.69, 9.17) is 19.2 Å². The quantitative estimate of drug-likeness (QED) is 0.245. The molecule has 1 aromatic heterocycles. The number of methoxy groups -OCH3 is 1. The van der Waals surface area contributed by atoms with Gasteiger partial charge in [0.2, 0.25) is 0 Å². The van der Waals surface area contributed by atoms with Crippen LogP contribution in [0.25, 0.3) is 11.8 Å². The molecule has 5 rings (SSSR count). The van der Waals surface area contributed by atoms with Gasteiger partial charge in [0, 0.05) is 5.56 Å². The molecule has 216 valence electrons. The maximum Gasteiger partial charge on any atom is 0.338 e. The Balaban J connectivity index is 1.77. The van der Waals surface area contributed by atoms with Gasteiger partial charge >= 0.3 is 5.97 Å². The maximum atomic E-state index is 14.1. The van der Waals surface area contributed by atoms with Crippen molar-refractivity contribution in [3.8, 4) is 11.5 Å². The van der Waals surface area contributed by atoms with E-state index in [9.17, 15) is 9.59 Å². The summed E-state index contributed by atoms with van der Waals surface area (Å²) in [6.45, 7) is 8.66. The molecule has 7 nitrogen and oxygen atoms in total. The van der Waals surface area contributed by atoms with E-state index in [2.05, 4.69) is 13.8 Å². The SMILES string of the molecule is CCOC(=O)C1=C(c2ccccc2)N=c2s/c(=C\c3ccc(OCC)c(OC)c3)c(=O)n2[C@@H]1c1ccc(C(C)C)cc1. The van der Waals surface area contributed by atoms with Crippen LogP contribution >= 0.6 is 11.3 Å². The molecule has 0 fully saturated rings. The highest BCUT2D eigenvalue weighted by molar-refractivity contribution is 7.07. The van der Waals surface area contributed by atoms with Crippen LogP contribution in [0.2, 0.25) is 0 Å². The number of carbonyl (C=O) groups is 1. The summed E-state index contributed by atoms with van der Waals surface area (Å²) in [5.74, 6) is 1.06. The Morgan fingerprint density at radius 3 is 2.38 bits per heavy atom. The monoisotopic (exact) mass is 582 g/mol. The Hall–Kier alpha value is -4.43.